The molecule has 0 saturated heterocycles. The van der Waals surface area contributed by atoms with Crippen LogP contribution >= 0.6 is 0 Å². The zero-order valence-electron chi connectivity index (χ0n) is 21.0. The predicted octanol–water partition coefficient (Wildman–Crippen LogP) is 4.94. The summed E-state index contributed by atoms with van der Waals surface area (Å²) >= 11 is 0. The Hall–Kier alpha value is -4.27. The molecule has 0 radical (unpaired) electrons. The van der Waals surface area contributed by atoms with Crippen LogP contribution in [-0.2, 0) is 27.3 Å². The molecule has 4 aromatic rings. The van der Waals surface area contributed by atoms with Gasteiger partial charge in [0, 0.05) is 6.42 Å². The van der Waals surface area contributed by atoms with Crippen molar-refractivity contribution in [3.63, 3.8) is 0 Å². The number of esters is 1. The van der Waals surface area contributed by atoms with Crippen molar-refractivity contribution in [1.82, 2.24) is 25.5 Å². The van der Waals surface area contributed by atoms with Gasteiger partial charge in [-0.05, 0) is 38.7 Å². The largest absolute Gasteiger partial charge is 0.467 e. The Labute approximate surface area is 215 Å². The number of nitrogens with zero attached hydrogens (tertiary/aromatic N) is 4. The lowest BCUT2D eigenvalue weighted by atomic mass is 9.98. The molecule has 9 heteroatoms. The average Bonchev–Trinajstić information content (AvgIpc) is 3.42. The highest BCUT2D eigenvalue weighted by Gasteiger charge is 2.30. The van der Waals surface area contributed by atoms with Gasteiger partial charge in [-0.3, -0.25) is 0 Å². The number of amides is 1. The molecule has 37 heavy (non-hydrogen) atoms. The molecule has 1 unspecified atom stereocenters. The van der Waals surface area contributed by atoms with Crippen molar-refractivity contribution < 1.29 is 19.1 Å². The SMILES string of the molecule is CCCCC(C(=O)OC)n1nnnc1[C@H](Cc1cccc2ccccc12)NC(=O)OCc1ccccc1. The average molecular weight is 502 g/mol. The second-order valence-electron chi connectivity index (χ2n) is 8.76. The number of methoxy groups -OCH3 is 1. The summed E-state index contributed by atoms with van der Waals surface area (Å²) in [6, 6.07) is 22.2. The predicted molar refractivity (Wildman–Crippen MR) is 139 cm³/mol. The van der Waals surface area contributed by atoms with Gasteiger partial charge in [-0.15, -0.1) is 5.10 Å². The van der Waals surface area contributed by atoms with Gasteiger partial charge in [0.15, 0.2) is 11.9 Å². The van der Waals surface area contributed by atoms with Gasteiger partial charge >= 0.3 is 12.1 Å². The number of carbonyl (C=O) groups excluding carboxylic acids is 2. The Balaban J connectivity index is 1.65. The zero-order chi connectivity index (χ0) is 26.0. The number of unbranched alkanes of at least 4 members (excludes halogenated alkanes) is 1. The fourth-order valence-electron chi connectivity index (χ4n) is 4.33. The van der Waals surface area contributed by atoms with E-state index >= 15 is 0 Å². The molecule has 0 aliphatic carbocycles. The second-order valence-corrected chi connectivity index (χ2v) is 8.76. The van der Waals surface area contributed by atoms with Crippen molar-refractivity contribution in [1.29, 1.82) is 0 Å². The van der Waals surface area contributed by atoms with Crippen LogP contribution in [0.5, 0.6) is 0 Å². The van der Waals surface area contributed by atoms with E-state index in [1.54, 1.807) is 0 Å². The number of alkyl carbamates (subject to hydrolysis) is 1. The molecule has 0 aliphatic rings. The Kier molecular flexibility index (Phi) is 8.80. The fraction of sp³-hybridized carbons (Fsp3) is 0.321. The van der Waals surface area contributed by atoms with Gasteiger partial charge < -0.3 is 14.8 Å². The van der Waals surface area contributed by atoms with Gasteiger partial charge in [0.05, 0.1) is 13.2 Å². The molecule has 3 aromatic carbocycles. The molecule has 9 nitrogen and oxygen atoms in total. The number of benzene rings is 3. The van der Waals surface area contributed by atoms with Gasteiger partial charge in [0.2, 0.25) is 0 Å². The number of aromatic nitrogens is 4. The topological polar surface area (TPSA) is 108 Å². The first-order valence-corrected chi connectivity index (χ1v) is 12.4. The summed E-state index contributed by atoms with van der Waals surface area (Å²) < 4.78 is 12.0. The monoisotopic (exact) mass is 501 g/mol. The molecular formula is C28H31N5O4. The van der Waals surface area contributed by atoms with E-state index < -0.39 is 24.1 Å². The van der Waals surface area contributed by atoms with Crippen LogP contribution in [0, 0.1) is 0 Å². The number of carbonyl (C=O) groups is 2. The highest BCUT2D eigenvalue weighted by molar-refractivity contribution is 5.85. The second kappa shape index (κ2) is 12.6. The lowest BCUT2D eigenvalue weighted by Gasteiger charge is -2.22. The van der Waals surface area contributed by atoms with E-state index in [9.17, 15) is 9.59 Å². The van der Waals surface area contributed by atoms with Crippen molar-refractivity contribution in [3.05, 3.63) is 89.7 Å². The third kappa shape index (κ3) is 6.49. The van der Waals surface area contributed by atoms with Crippen LogP contribution in [0.2, 0.25) is 0 Å². The third-order valence-corrected chi connectivity index (χ3v) is 6.24. The molecule has 0 fully saturated rings. The van der Waals surface area contributed by atoms with E-state index in [0.717, 1.165) is 34.7 Å². The van der Waals surface area contributed by atoms with E-state index in [2.05, 4.69) is 20.8 Å². The smallest absolute Gasteiger partial charge is 0.408 e. The van der Waals surface area contributed by atoms with Crippen molar-refractivity contribution in [2.75, 3.05) is 7.11 Å². The first-order chi connectivity index (χ1) is 18.1. The molecule has 0 aliphatic heterocycles. The van der Waals surface area contributed by atoms with E-state index in [4.69, 9.17) is 9.47 Å². The molecule has 0 spiro atoms. The zero-order valence-corrected chi connectivity index (χ0v) is 21.0. The van der Waals surface area contributed by atoms with Gasteiger partial charge in [-0.1, -0.05) is 92.6 Å². The Morgan fingerprint density at radius 2 is 1.76 bits per heavy atom. The number of hydrogen-bond acceptors (Lipinski definition) is 7. The van der Waals surface area contributed by atoms with Crippen LogP contribution in [0.3, 0.4) is 0 Å². The van der Waals surface area contributed by atoms with Gasteiger partial charge in [0.25, 0.3) is 0 Å². The normalized spacial score (nSPS) is 12.6. The molecule has 1 aromatic heterocycles. The molecule has 2 atom stereocenters. The highest BCUT2D eigenvalue weighted by Crippen LogP contribution is 2.26. The van der Waals surface area contributed by atoms with Crippen LogP contribution in [0.25, 0.3) is 10.8 Å². The quantitative estimate of drug-likeness (QED) is 0.290. The molecule has 4 rings (SSSR count). The molecule has 1 N–H and O–H groups in total. The van der Waals surface area contributed by atoms with Crippen molar-refractivity contribution in [3.8, 4) is 0 Å². The van der Waals surface area contributed by atoms with Crippen molar-refractivity contribution in [2.45, 2.75) is 51.3 Å². The number of fused-ring (bicyclic) bond motifs is 1. The Morgan fingerprint density at radius 1 is 1.00 bits per heavy atom. The minimum Gasteiger partial charge on any atom is -0.467 e. The van der Waals surface area contributed by atoms with Crippen LogP contribution in [0.15, 0.2) is 72.8 Å². The maximum Gasteiger partial charge on any atom is 0.408 e. The first kappa shape index (κ1) is 25.8. The maximum atomic E-state index is 12.9. The fourth-order valence-corrected chi connectivity index (χ4v) is 4.33. The van der Waals surface area contributed by atoms with Crippen molar-refractivity contribution in [2.24, 2.45) is 0 Å². The summed E-state index contributed by atoms with van der Waals surface area (Å²) in [7, 11) is 1.35. The van der Waals surface area contributed by atoms with Gasteiger partial charge in [-0.25, -0.2) is 14.3 Å². The number of hydrogen-bond donors (Lipinski definition) is 1. The number of rotatable bonds is 11. The molecule has 0 bridgehead atoms. The maximum absolute atomic E-state index is 12.9. The minimum atomic E-state index is -0.702. The number of nitrogens with one attached hydrogen (secondary N) is 1. The van der Waals surface area contributed by atoms with Crippen LogP contribution in [0.1, 0.15) is 55.2 Å². The van der Waals surface area contributed by atoms with E-state index in [1.165, 1.54) is 11.8 Å². The Bertz CT molecular complexity index is 1320. The molecule has 0 saturated carbocycles. The van der Waals surface area contributed by atoms with Gasteiger partial charge in [0.1, 0.15) is 6.61 Å². The lowest BCUT2D eigenvalue weighted by Crippen LogP contribution is -2.34. The van der Waals surface area contributed by atoms with Crippen LogP contribution in [-0.4, -0.2) is 39.4 Å². The molecular weight excluding hydrogens is 470 g/mol. The standard InChI is InChI=1S/C28H31N5O4/c1-3-4-17-25(27(34)36-2)33-26(30-31-32-33)24(29-28(35)37-19-20-11-6-5-7-12-20)18-22-15-10-14-21-13-8-9-16-23(21)22/h5-16,24-25H,3-4,17-19H2,1-2H3,(H,29,35)/t24-,25?/m0/s1. The summed E-state index contributed by atoms with van der Waals surface area (Å²) in [5, 5.41) is 17.3. The summed E-state index contributed by atoms with van der Waals surface area (Å²) in [5.74, 6) is -0.0753. The summed E-state index contributed by atoms with van der Waals surface area (Å²) in [6.07, 6.45) is 1.99. The van der Waals surface area contributed by atoms with E-state index in [-0.39, 0.29) is 6.61 Å². The third-order valence-electron chi connectivity index (χ3n) is 6.24. The lowest BCUT2D eigenvalue weighted by molar-refractivity contribution is -0.145. The number of ether oxygens (including phenoxy) is 2. The van der Waals surface area contributed by atoms with E-state index in [1.807, 2.05) is 79.7 Å². The van der Waals surface area contributed by atoms with Crippen LogP contribution < -0.4 is 5.32 Å². The summed E-state index contributed by atoms with van der Waals surface area (Å²) in [4.78, 5) is 25.6. The van der Waals surface area contributed by atoms with Crippen LogP contribution in [0.4, 0.5) is 4.79 Å². The Morgan fingerprint density at radius 3 is 2.54 bits per heavy atom. The molecule has 1 heterocycles. The number of tetrazole rings is 1. The molecule has 192 valence electrons. The minimum absolute atomic E-state index is 0.125. The summed E-state index contributed by atoms with van der Waals surface area (Å²) in [6.45, 7) is 2.17. The first-order valence-electron chi connectivity index (χ1n) is 12.4. The molecule has 1 amide bonds. The van der Waals surface area contributed by atoms with E-state index in [0.29, 0.717) is 18.7 Å². The van der Waals surface area contributed by atoms with Crippen molar-refractivity contribution >= 4 is 22.8 Å². The summed E-state index contributed by atoms with van der Waals surface area (Å²) in [5.41, 5.74) is 1.88. The highest BCUT2D eigenvalue weighted by atomic mass is 16.5. The van der Waals surface area contributed by atoms with Gasteiger partial charge in [-0.2, -0.15) is 0 Å².